The SMILES string of the molecule is CC(=O)Nc1ccsc1CNC(C)CC(C)O. The van der Waals surface area contributed by atoms with Crippen LogP contribution in [0.5, 0.6) is 0 Å². The molecule has 0 aliphatic carbocycles. The summed E-state index contributed by atoms with van der Waals surface area (Å²) in [5, 5.41) is 17.3. The van der Waals surface area contributed by atoms with E-state index in [0.717, 1.165) is 17.0 Å². The number of carbonyl (C=O) groups is 1. The Morgan fingerprint density at radius 3 is 2.82 bits per heavy atom. The predicted octanol–water partition coefficient (Wildman–Crippen LogP) is 1.96. The summed E-state index contributed by atoms with van der Waals surface area (Å²) in [6.07, 6.45) is 0.427. The van der Waals surface area contributed by atoms with Gasteiger partial charge in [-0.1, -0.05) is 0 Å². The zero-order valence-electron chi connectivity index (χ0n) is 10.5. The third-order valence-electron chi connectivity index (χ3n) is 2.36. The predicted molar refractivity (Wildman–Crippen MR) is 71.2 cm³/mol. The molecule has 5 heteroatoms. The van der Waals surface area contributed by atoms with Crippen molar-refractivity contribution in [3.63, 3.8) is 0 Å². The summed E-state index contributed by atoms with van der Waals surface area (Å²) >= 11 is 1.61. The van der Waals surface area contributed by atoms with Crippen molar-refractivity contribution in [2.45, 2.75) is 45.9 Å². The molecule has 0 fully saturated rings. The van der Waals surface area contributed by atoms with Crippen molar-refractivity contribution in [1.82, 2.24) is 5.32 Å². The number of nitrogens with one attached hydrogen (secondary N) is 2. The van der Waals surface area contributed by atoms with Crippen LogP contribution in [-0.2, 0) is 11.3 Å². The Hall–Kier alpha value is -0.910. The monoisotopic (exact) mass is 256 g/mol. The Balaban J connectivity index is 2.46. The van der Waals surface area contributed by atoms with E-state index < -0.39 is 0 Å². The van der Waals surface area contributed by atoms with Gasteiger partial charge in [-0.05, 0) is 31.7 Å². The van der Waals surface area contributed by atoms with Gasteiger partial charge in [-0.25, -0.2) is 0 Å². The maximum absolute atomic E-state index is 11.0. The highest BCUT2D eigenvalue weighted by Gasteiger charge is 2.09. The van der Waals surface area contributed by atoms with Crippen LogP contribution in [0.1, 0.15) is 32.1 Å². The largest absolute Gasteiger partial charge is 0.393 e. The van der Waals surface area contributed by atoms with Gasteiger partial charge in [0, 0.05) is 24.4 Å². The van der Waals surface area contributed by atoms with Crippen molar-refractivity contribution in [1.29, 1.82) is 0 Å². The van der Waals surface area contributed by atoms with Gasteiger partial charge in [-0.2, -0.15) is 0 Å². The molecule has 0 saturated carbocycles. The molecule has 0 saturated heterocycles. The van der Waals surface area contributed by atoms with Crippen LogP contribution in [0.3, 0.4) is 0 Å². The molecule has 0 aliphatic heterocycles. The first-order chi connectivity index (χ1) is 7.99. The van der Waals surface area contributed by atoms with E-state index in [0.29, 0.717) is 6.54 Å². The summed E-state index contributed by atoms with van der Waals surface area (Å²) in [7, 11) is 0. The van der Waals surface area contributed by atoms with Crippen LogP contribution < -0.4 is 10.6 Å². The Labute approximate surface area is 106 Å². The van der Waals surface area contributed by atoms with Gasteiger partial charge in [0.1, 0.15) is 0 Å². The van der Waals surface area contributed by atoms with Gasteiger partial charge in [0.2, 0.25) is 5.91 Å². The number of carbonyl (C=O) groups excluding carboxylic acids is 1. The highest BCUT2D eigenvalue weighted by atomic mass is 32.1. The quantitative estimate of drug-likeness (QED) is 0.729. The van der Waals surface area contributed by atoms with Crippen LogP contribution in [-0.4, -0.2) is 23.2 Å². The van der Waals surface area contributed by atoms with Gasteiger partial charge in [-0.3, -0.25) is 4.79 Å². The molecule has 0 aliphatic rings. The van der Waals surface area contributed by atoms with Crippen molar-refractivity contribution in [3.8, 4) is 0 Å². The summed E-state index contributed by atoms with van der Waals surface area (Å²) < 4.78 is 0. The van der Waals surface area contributed by atoms with Crippen LogP contribution in [0.4, 0.5) is 5.69 Å². The topological polar surface area (TPSA) is 61.4 Å². The average molecular weight is 256 g/mol. The number of thiophene rings is 1. The van der Waals surface area contributed by atoms with Crippen molar-refractivity contribution in [2.75, 3.05) is 5.32 Å². The van der Waals surface area contributed by atoms with E-state index in [1.807, 2.05) is 18.4 Å². The molecule has 1 aromatic rings. The van der Waals surface area contributed by atoms with Crippen molar-refractivity contribution < 1.29 is 9.90 Å². The summed E-state index contributed by atoms with van der Waals surface area (Å²) in [6.45, 7) is 6.04. The molecule has 0 spiro atoms. The molecular weight excluding hydrogens is 236 g/mol. The number of aliphatic hydroxyl groups is 1. The fourth-order valence-electron chi connectivity index (χ4n) is 1.64. The van der Waals surface area contributed by atoms with Crippen molar-refractivity contribution in [2.24, 2.45) is 0 Å². The van der Waals surface area contributed by atoms with Crippen LogP contribution in [0, 0.1) is 0 Å². The zero-order valence-corrected chi connectivity index (χ0v) is 11.3. The lowest BCUT2D eigenvalue weighted by atomic mass is 10.1. The van der Waals surface area contributed by atoms with Crippen LogP contribution in [0.25, 0.3) is 0 Å². The van der Waals surface area contributed by atoms with Gasteiger partial charge in [-0.15, -0.1) is 11.3 Å². The van der Waals surface area contributed by atoms with Crippen LogP contribution >= 0.6 is 11.3 Å². The lowest BCUT2D eigenvalue weighted by Gasteiger charge is -2.15. The first-order valence-corrected chi connectivity index (χ1v) is 6.62. The second kappa shape index (κ2) is 6.74. The number of hydrogen-bond donors (Lipinski definition) is 3. The molecule has 1 heterocycles. The van der Waals surface area contributed by atoms with Gasteiger partial charge < -0.3 is 15.7 Å². The van der Waals surface area contributed by atoms with E-state index in [2.05, 4.69) is 10.6 Å². The second-order valence-electron chi connectivity index (χ2n) is 4.31. The molecule has 2 atom stereocenters. The number of rotatable bonds is 6. The van der Waals surface area contributed by atoms with E-state index in [1.165, 1.54) is 6.92 Å². The standard InChI is InChI=1S/C12H20N2O2S/c1-8(6-9(2)15)13-7-12-11(4-5-17-12)14-10(3)16/h4-5,8-9,13,15H,6-7H2,1-3H3,(H,14,16). The van der Waals surface area contributed by atoms with E-state index in [4.69, 9.17) is 0 Å². The van der Waals surface area contributed by atoms with Gasteiger partial charge >= 0.3 is 0 Å². The van der Waals surface area contributed by atoms with E-state index in [9.17, 15) is 9.90 Å². The van der Waals surface area contributed by atoms with Gasteiger partial charge in [0.05, 0.1) is 11.8 Å². The molecule has 0 bridgehead atoms. The number of anilines is 1. The third-order valence-corrected chi connectivity index (χ3v) is 3.28. The molecule has 96 valence electrons. The number of aliphatic hydroxyl groups excluding tert-OH is 1. The minimum atomic E-state index is -0.296. The van der Waals surface area contributed by atoms with Crippen molar-refractivity contribution >= 4 is 22.9 Å². The molecular formula is C12H20N2O2S. The molecule has 3 N–H and O–H groups in total. The summed E-state index contributed by atoms with van der Waals surface area (Å²) in [5.74, 6) is -0.0540. The lowest BCUT2D eigenvalue weighted by Crippen LogP contribution is -2.28. The second-order valence-corrected chi connectivity index (χ2v) is 5.31. The smallest absolute Gasteiger partial charge is 0.221 e. The molecule has 4 nitrogen and oxygen atoms in total. The lowest BCUT2D eigenvalue weighted by molar-refractivity contribution is -0.114. The Morgan fingerprint density at radius 2 is 2.24 bits per heavy atom. The molecule has 0 radical (unpaired) electrons. The Kier molecular flexibility index (Phi) is 5.61. The maximum Gasteiger partial charge on any atom is 0.221 e. The van der Waals surface area contributed by atoms with Crippen molar-refractivity contribution in [3.05, 3.63) is 16.3 Å². The molecule has 1 amide bonds. The molecule has 0 aromatic carbocycles. The summed E-state index contributed by atoms with van der Waals surface area (Å²) in [5.41, 5.74) is 0.874. The summed E-state index contributed by atoms with van der Waals surface area (Å²) in [4.78, 5) is 12.1. The highest BCUT2D eigenvalue weighted by Crippen LogP contribution is 2.22. The first-order valence-electron chi connectivity index (χ1n) is 5.74. The molecule has 2 unspecified atom stereocenters. The van der Waals surface area contributed by atoms with E-state index in [1.54, 1.807) is 18.3 Å². The molecule has 17 heavy (non-hydrogen) atoms. The van der Waals surface area contributed by atoms with E-state index >= 15 is 0 Å². The maximum atomic E-state index is 11.0. The number of hydrogen-bond acceptors (Lipinski definition) is 4. The van der Waals surface area contributed by atoms with Gasteiger partial charge in [0.25, 0.3) is 0 Å². The third kappa shape index (κ3) is 5.30. The van der Waals surface area contributed by atoms with Crippen LogP contribution in [0.15, 0.2) is 11.4 Å². The van der Waals surface area contributed by atoms with Gasteiger partial charge in [0.15, 0.2) is 0 Å². The first kappa shape index (κ1) is 14.2. The van der Waals surface area contributed by atoms with E-state index in [-0.39, 0.29) is 18.1 Å². The fourth-order valence-corrected chi connectivity index (χ4v) is 2.42. The fraction of sp³-hybridized carbons (Fsp3) is 0.583. The molecule has 1 rings (SSSR count). The Bertz CT molecular complexity index is 363. The Morgan fingerprint density at radius 1 is 1.53 bits per heavy atom. The zero-order chi connectivity index (χ0) is 12.8. The normalized spacial score (nSPS) is 14.4. The molecule has 1 aromatic heterocycles. The highest BCUT2D eigenvalue weighted by molar-refractivity contribution is 7.10. The number of amides is 1. The van der Waals surface area contributed by atoms with Crippen LogP contribution in [0.2, 0.25) is 0 Å². The minimum absolute atomic E-state index is 0.0540. The average Bonchev–Trinajstić information content (AvgIpc) is 2.60. The summed E-state index contributed by atoms with van der Waals surface area (Å²) in [6, 6.07) is 2.16. The minimum Gasteiger partial charge on any atom is -0.393 e.